The zero-order valence-corrected chi connectivity index (χ0v) is 6.98. The standard InChI is InChI=1S/C8H14FN/c1-6(2)5-8(10-4)7(3)9/h5,7H,1-4H3. The molecular formula is C8H14FN. The van der Waals surface area contributed by atoms with Gasteiger partial charge in [-0.15, -0.1) is 0 Å². The average molecular weight is 143 g/mol. The molecule has 0 aromatic heterocycles. The predicted octanol–water partition coefficient (Wildman–Crippen LogP) is 2.38. The highest BCUT2D eigenvalue weighted by atomic mass is 19.1. The van der Waals surface area contributed by atoms with Gasteiger partial charge in [-0.2, -0.15) is 0 Å². The molecule has 0 aromatic rings. The molecule has 0 radical (unpaired) electrons. The van der Waals surface area contributed by atoms with E-state index in [2.05, 4.69) is 4.99 Å². The molecule has 0 aliphatic heterocycles. The number of hydrogen-bond donors (Lipinski definition) is 0. The van der Waals surface area contributed by atoms with Crippen LogP contribution in [-0.2, 0) is 0 Å². The highest BCUT2D eigenvalue weighted by Crippen LogP contribution is 1.98. The Kier molecular flexibility index (Phi) is 3.93. The van der Waals surface area contributed by atoms with E-state index in [0.717, 1.165) is 5.57 Å². The molecule has 0 aliphatic rings. The first-order valence-corrected chi connectivity index (χ1v) is 3.33. The molecular weight excluding hydrogens is 129 g/mol. The van der Waals surface area contributed by atoms with E-state index in [4.69, 9.17) is 0 Å². The van der Waals surface area contributed by atoms with Crippen LogP contribution in [0, 0.1) is 0 Å². The lowest BCUT2D eigenvalue weighted by Crippen LogP contribution is -2.08. The van der Waals surface area contributed by atoms with Crippen molar-refractivity contribution in [3.63, 3.8) is 0 Å². The van der Waals surface area contributed by atoms with Crippen LogP contribution < -0.4 is 0 Å². The summed E-state index contributed by atoms with van der Waals surface area (Å²) in [5.74, 6) is 0. The first-order valence-electron chi connectivity index (χ1n) is 3.33. The van der Waals surface area contributed by atoms with Crippen molar-refractivity contribution in [2.24, 2.45) is 4.99 Å². The van der Waals surface area contributed by atoms with E-state index in [1.54, 1.807) is 13.1 Å². The SMILES string of the molecule is CN=C(C=C(C)C)C(C)F. The van der Waals surface area contributed by atoms with E-state index in [0.29, 0.717) is 5.71 Å². The van der Waals surface area contributed by atoms with Crippen molar-refractivity contribution in [3.05, 3.63) is 11.6 Å². The number of aliphatic imine (C=N–C) groups is 1. The van der Waals surface area contributed by atoms with Crippen LogP contribution in [0.5, 0.6) is 0 Å². The van der Waals surface area contributed by atoms with Crippen molar-refractivity contribution >= 4 is 5.71 Å². The van der Waals surface area contributed by atoms with E-state index >= 15 is 0 Å². The first-order chi connectivity index (χ1) is 4.57. The smallest absolute Gasteiger partial charge is 0.139 e. The normalized spacial score (nSPS) is 14.7. The molecule has 0 saturated heterocycles. The number of rotatable bonds is 2. The summed E-state index contributed by atoms with van der Waals surface area (Å²) in [4.78, 5) is 3.79. The Hall–Kier alpha value is -0.660. The van der Waals surface area contributed by atoms with Crippen LogP contribution in [0.4, 0.5) is 4.39 Å². The third-order valence-electron chi connectivity index (χ3n) is 1.10. The molecule has 0 saturated carbocycles. The maximum absolute atomic E-state index is 12.6. The minimum absolute atomic E-state index is 0.514. The van der Waals surface area contributed by atoms with Crippen LogP contribution in [0.3, 0.4) is 0 Å². The quantitative estimate of drug-likeness (QED) is 0.526. The lowest BCUT2D eigenvalue weighted by molar-refractivity contribution is 0.455. The van der Waals surface area contributed by atoms with Crippen molar-refractivity contribution in [3.8, 4) is 0 Å². The molecule has 0 fully saturated rings. The molecule has 1 unspecified atom stereocenters. The van der Waals surface area contributed by atoms with E-state index in [9.17, 15) is 4.39 Å². The van der Waals surface area contributed by atoms with Gasteiger partial charge in [-0.25, -0.2) is 4.39 Å². The maximum atomic E-state index is 12.6. The summed E-state index contributed by atoms with van der Waals surface area (Å²) in [5, 5.41) is 0. The van der Waals surface area contributed by atoms with E-state index < -0.39 is 6.17 Å². The topological polar surface area (TPSA) is 12.4 Å². The van der Waals surface area contributed by atoms with Crippen LogP contribution in [0.2, 0.25) is 0 Å². The van der Waals surface area contributed by atoms with Crippen molar-refractivity contribution in [1.29, 1.82) is 0 Å². The summed E-state index contributed by atoms with van der Waals surface area (Å²) >= 11 is 0. The van der Waals surface area contributed by atoms with Crippen LogP contribution in [0.15, 0.2) is 16.6 Å². The molecule has 2 heteroatoms. The first kappa shape index (κ1) is 9.34. The van der Waals surface area contributed by atoms with Gasteiger partial charge in [0, 0.05) is 7.05 Å². The number of hydrogen-bond acceptors (Lipinski definition) is 1. The van der Waals surface area contributed by atoms with Gasteiger partial charge in [0.25, 0.3) is 0 Å². The molecule has 0 rings (SSSR count). The summed E-state index contributed by atoms with van der Waals surface area (Å²) in [6.07, 6.45) is 0.796. The Balaban J connectivity index is 4.26. The molecule has 10 heavy (non-hydrogen) atoms. The van der Waals surface area contributed by atoms with Gasteiger partial charge in [0.2, 0.25) is 0 Å². The zero-order chi connectivity index (χ0) is 8.15. The van der Waals surface area contributed by atoms with Gasteiger partial charge in [0.05, 0.1) is 5.71 Å². The Morgan fingerprint density at radius 3 is 2.10 bits per heavy atom. The van der Waals surface area contributed by atoms with Gasteiger partial charge in [-0.1, -0.05) is 5.57 Å². The van der Waals surface area contributed by atoms with E-state index in [1.165, 1.54) is 6.92 Å². The van der Waals surface area contributed by atoms with Crippen molar-refractivity contribution < 1.29 is 4.39 Å². The Morgan fingerprint density at radius 2 is 2.00 bits per heavy atom. The number of alkyl halides is 1. The zero-order valence-electron chi connectivity index (χ0n) is 6.98. The number of nitrogens with zero attached hydrogens (tertiary/aromatic N) is 1. The molecule has 0 N–H and O–H groups in total. The Labute approximate surface area is 61.7 Å². The largest absolute Gasteiger partial charge is 0.290 e. The summed E-state index contributed by atoms with van der Waals surface area (Å²) in [6, 6.07) is 0. The lowest BCUT2D eigenvalue weighted by atomic mass is 10.2. The predicted molar refractivity (Wildman–Crippen MR) is 43.4 cm³/mol. The minimum atomic E-state index is -0.958. The molecule has 0 aromatic carbocycles. The van der Waals surface area contributed by atoms with Gasteiger partial charge >= 0.3 is 0 Å². The molecule has 0 bridgehead atoms. The van der Waals surface area contributed by atoms with Gasteiger partial charge in [-0.3, -0.25) is 4.99 Å². The van der Waals surface area contributed by atoms with Crippen molar-refractivity contribution in [2.45, 2.75) is 26.9 Å². The second-order valence-electron chi connectivity index (χ2n) is 2.49. The van der Waals surface area contributed by atoms with Crippen molar-refractivity contribution in [2.75, 3.05) is 7.05 Å². The highest BCUT2D eigenvalue weighted by Gasteiger charge is 2.02. The summed E-state index contributed by atoms with van der Waals surface area (Å²) < 4.78 is 12.6. The van der Waals surface area contributed by atoms with E-state index in [-0.39, 0.29) is 0 Å². The second-order valence-corrected chi connectivity index (χ2v) is 2.49. The molecule has 0 amide bonds. The van der Waals surface area contributed by atoms with Gasteiger partial charge < -0.3 is 0 Å². The molecule has 1 nitrogen and oxygen atoms in total. The molecule has 0 aliphatic carbocycles. The second kappa shape index (κ2) is 4.20. The fourth-order valence-electron chi connectivity index (χ4n) is 0.653. The average Bonchev–Trinajstić information content (AvgIpc) is 1.81. The third-order valence-corrected chi connectivity index (χ3v) is 1.10. The van der Waals surface area contributed by atoms with Crippen molar-refractivity contribution in [1.82, 2.24) is 0 Å². The summed E-state index contributed by atoms with van der Waals surface area (Å²) in [6.45, 7) is 5.34. The Morgan fingerprint density at radius 1 is 1.50 bits per heavy atom. The summed E-state index contributed by atoms with van der Waals surface area (Å²) in [5.41, 5.74) is 1.59. The van der Waals surface area contributed by atoms with Crippen LogP contribution in [0.25, 0.3) is 0 Å². The third kappa shape index (κ3) is 3.38. The Bertz CT molecular complexity index is 153. The van der Waals surface area contributed by atoms with E-state index in [1.807, 2.05) is 13.8 Å². The molecule has 0 spiro atoms. The number of halogens is 1. The molecule has 0 heterocycles. The van der Waals surface area contributed by atoms with Crippen LogP contribution in [-0.4, -0.2) is 18.9 Å². The van der Waals surface area contributed by atoms with Crippen LogP contribution in [0.1, 0.15) is 20.8 Å². The van der Waals surface area contributed by atoms with Gasteiger partial charge in [0.1, 0.15) is 6.17 Å². The fraction of sp³-hybridized carbons (Fsp3) is 0.625. The van der Waals surface area contributed by atoms with Gasteiger partial charge in [-0.05, 0) is 26.8 Å². The summed E-state index contributed by atoms with van der Waals surface area (Å²) in [7, 11) is 1.60. The minimum Gasteiger partial charge on any atom is -0.290 e. The van der Waals surface area contributed by atoms with Gasteiger partial charge in [0.15, 0.2) is 0 Å². The van der Waals surface area contributed by atoms with Crippen LogP contribution >= 0.6 is 0 Å². The molecule has 1 atom stereocenters. The monoisotopic (exact) mass is 143 g/mol. The fourth-order valence-corrected chi connectivity index (χ4v) is 0.653. The highest BCUT2D eigenvalue weighted by molar-refractivity contribution is 5.98. The molecule has 58 valence electrons. The lowest BCUT2D eigenvalue weighted by Gasteiger charge is -2.00. The number of allylic oxidation sites excluding steroid dienone is 2. The maximum Gasteiger partial charge on any atom is 0.139 e.